The van der Waals surface area contributed by atoms with E-state index in [0.29, 0.717) is 5.69 Å². The molecule has 1 amide bonds. The first-order valence-electron chi connectivity index (χ1n) is 8.24. The van der Waals surface area contributed by atoms with Gasteiger partial charge in [-0.15, -0.1) is 0 Å². The Balaban J connectivity index is 1.76. The lowest BCUT2D eigenvalue weighted by Gasteiger charge is -2.47. The fraction of sp³-hybridized carbons (Fsp3) is 0.0952. The Morgan fingerprint density at radius 1 is 0.615 bits per heavy atom. The van der Waals surface area contributed by atoms with Crippen LogP contribution in [0.15, 0.2) is 72.8 Å². The standard InChI is InChI=1S/C21H17NO4/c23-16-7-1-13(2-8-16)19-20(14-3-9-17(24)10-4-14)22(21(19)26)15-5-11-18(25)12-6-15/h1-12,19-20,23-25H/t19-,20-/m0/s1. The number of hydrogen-bond acceptors (Lipinski definition) is 4. The minimum atomic E-state index is -0.381. The molecule has 4 rings (SSSR count). The number of phenols is 3. The summed E-state index contributed by atoms with van der Waals surface area (Å²) < 4.78 is 0. The Bertz CT molecular complexity index is 878. The van der Waals surface area contributed by atoms with E-state index in [9.17, 15) is 20.1 Å². The predicted molar refractivity (Wildman–Crippen MR) is 97.3 cm³/mol. The summed E-state index contributed by atoms with van der Waals surface area (Å²) in [4.78, 5) is 14.6. The third-order valence-corrected chi connectivity index (χ3v) is 4.71. The van der Waals surface area contributed by atoms with E-state index >= 15 is 0 Å². The molecule has 0 saturated carbocycles. The van der Waals surface area contributed by atoms with E-state index in [1.54, 1.807) is 77.7 Å². The first kappa shape index (κ1) is 16.0. The van der Waals surface area contributed by atoms with Crippen molar-refractivity contribution in [3.8, 4) is 17.2 Å². The normalized spacial score (nSPS) is 19.2. The summed E-state index contributed by atoms with van der Waals surface area (Å²) in [5.41, 5.74) is 2.41. The third kappa shape index (κ3) is 2.63. The lowest BCUT2D eigenvalue weighted by atomic mass is 9.77. The number of nitrogens with zero attached hydrogens (tertiary/aromatic N) is 1. The minimum absolute atomic E-state index is 0.0561. The summed E-state index contributed by atoms with van der Waals surface area (Å²) in [6.45, 7) is 0. The van der Waals surface area contributed by atoms with Crippen molar-refractivity contribution in [1.82, 2.24) is 0 Å². The third-order valence-electron chi connectivity index (χ3n) is 4.71. The van der Waals surface area contributed by atoms with Gasteiger partial charge in [-0.25, -0.2) is 0 Å². The van der Waals surface area contributed by atoms with Gasteiger partial charge in [0.15, 0.2) is 0 Å². The Hall–Kier alpha value is -3.47. The zero-order valence-electron chi connectivity index (χ0n) is 13.8. The van der Waals surface area contributed by atoms with Crippen molar-refractivity contribution < 1.29 is 20.1 Å². The molecule has 0 spiro atoms. The lowest BCUT2D eigenvalue weighted by molar-refractivity contribution is -0.126. The quantitative estimate of drug-likeness (QED) is 0.632. The second kappa shape index (κ2) is 6.11. The van der Waals surface area contributed by atoms with Crippen LogP contribution in [0.3, 0.4) is 0 Å². The van der Waals surface area contributed by atoms with Gasteiger partial charge in [-0.1, -0.05) is 24.3 Å². The molecule has 1 heterocycles. The number of β-lactam (4-membered cyclic amide) rings is 1. The summed E-state index contributed by atoms with van der Waals surface area (Å²) in [5, 5.41) is 28.6. The van der Waals surface area contributed by atoms with E-state index in [4.69, 9.17) is 0 Å². The minimum Gasteiger partial charge on any atom is -0.508 e. The highest BCUT2D eigenvalue weighted by Gasteiger charge is 2.49. The van der Waals surface area contributed by atoms with Crippen LogP contribution in [0, 0.1) is 0 Å². The number of aromatic hydroxyl groups is 3. The molecule has 0 unspecified atom stereocenters. The van der Waals surface area contributed by atoms with E-state index in [2.05, 4.69) is 0 Å². The maximum absolute atomic E-state index is 12.9. The van der Waals surface area contributed by atoms with Gasteiger partial charge < -0.3 is 20.2 Å². The van der Waals surface area contributed by atoms with Crippen LogP contribution in [0.2, 0.25) is 0 Å². The van der Waals surface area contributed by atoms with Crippen LogP contribution in [0.5, 0.6) is 17.2 Å². The van der Waals surface area contributed by atoms with Crippen molar-refractivity contribution in [2.24, 2.45) is 0 Å². The molecule has 0 radical (unpaired) electrons. The molecule has 2 atom stereocenters. The molecule has 0 bridgehead atoms. The van der Waals surface area contributed by atoms with Crippen molar-refractivity contribution in [1.29, 1.82) is 0 Å². The molecule has 3 aromatic rings. The lowest BCUT2D eigenvalue weighted by Crippen LogP contribution is -2.53. The van der Waals surface area contributed by atoms with Gasteiger partial charge in [-0.2, -0.15) is 0 Å². The van der Waals surface area contributed by atoms with Crippen LogP contribution in [0.1, 0.15) is 23.1 Å². The first-order valence-corrected chi connectivity index (χ1v) is 8.24. The summed E-state index contributed by atoms with van der Waals surface area (Å²) in [5.74, 6) is 0.0141. The fourth-order valence-corrected chi connectivity index (χ4v) is 3.41. The number of rotatable bonds is 3. The average Bonchev–Trinajstić information content (AvgIpc) is 2.64. The van der Waals surface area contributed by atoms with Crippen molar-refractivity contribution in [3.63, 3.8) is 0 Å². The molecule has 1 saturated heterocycles. The van der Waals surface area contributed by atoms with Crippen LogP contribution in [-0.2, 0) is 4.79 Å². The zero-order valence-corrected chi connectivity index (χ0v) is 13.8. The Labute approximate surface area is 150 Å². The highest BCUT2D eigenvalue weighted by molar-refractivity contribution is 6.06. The van der Waals surface area contributed by atoms with Crippen molar-refractivity contribution >= 4 is 11.6 Å². The molecular formula is C21H17NO4. The summed E-state index contributed by atoms with van der Waals surface area (Å²) >= 11 is 0. The van der Waals surface area contributed by atoms with E-state index in [-0.39, 0.29) is 35.1 Å². The maximum atomic E-state index is 12.9. The molecule has 5 heteroatoms. The van der Waals surface area contributed by atoms with E-state index in [1.165, 1.54) is 0 Å². The van der Waals surface area contributed by atoms with E-state index < -0.39 is 0 Å². The summed E-state index contributed by atoms with van der Waals surface area (Å²) in [7, 11) is 0. The molecule has 3 N–H and O–H groups in total. The van der Waals surface area contributed by atoms with Gasteiger partial charge in [0.25, 0.3) is 0 Å². The summed E-state index contributed by atoms with van der Waals surface area (Å²) in [6.07, 6.45) is 0. The monoisotopic (exact) mass is 347 g/mol. The zero-order chi connectivity index (χ0) is 18.3. The van der Waals surface area contributed by atoms with Crippen LogP contribution in [0.25, 0.3) is 0 Å². The highest BCUT2D eigenvalue weighted by atomic mass is 16.3. The van der Waals surface area contributed by atoms with Gasteiger partial charge in [-0.3, -0.25) is 4.79 Å². The van der Waals surface area contributed by atoms with Crippen molar-refractivity contribution in [3.05, 3.63) is 83.9 Å². The van der Waals surface area contributed by atoms with Gasteiger partial charge in [-0.05, 0) is 59.7 Å². The smallest absolute Gasteiger partial charge is 0.237 e. The number of anilines is 1. The Morgan fingerprint density at radius 2 is 1.04 bits per heavy atom. The van der Waals surface area contributed by atoms with Crippen LogP contribution < -0.4 is 4.90 Å². The van der Waals surface area contributed by atoms with Crippen molar-refractivity contribution in [2.45, 2.75) is 12.0 Å². The van der Waals surface area contributed by atoms with Crippen LogP contribution in [-0.4, -0.2) is 21.2 Å². The maximum Gasteiger partial charge on any atom is 0.237 e. The van der Waals surface area contributed by atoms with Gasteiger partial charge in [0.1, 0.15) is 17.2 Å². The molecule has 5 nitrogen and oxygen atoms in total. The molecule has 3 aromatic carbocycles. The molecule has 0 aliphatic carbocycles. The fourth-order valence-electron chi connectivity index (χ4n) is 3.41. The number of carbonyl (C=O) groups is 1. The SMILES string of the molecule is O=C1[C@@H](c2ccc(O)cc2)[C@H](c2ccc(O)cc2)N1c1ccc(O)cc1. The van der Waals surface area contributed by atoms with E-state index in [1.807, 2.05) is 0 Å². The number of amides is 1. The van der Waals surface area contributed by atoms with Gasteiger partial charge >= 0.3 is 0 Å². The van der Waals surface area contributed by atoms with Gasteiger partial charge in [0, 0.05) is 5.69 Å². The molecule has 1 aliphatic heterocycles. The second-order valence-corrected chi connectivity index (χ2v) is 6.33. The largest absolute Gasteiger partial charge is 0.508 e. The van der Waals surface area contributed by atoms with Crippen LogP contribution >= 0.6 is 0 Å². The Kier molecular flexibility index (Phi) is 3.77. The molecule has 130 valence electrons. The molecule has 1 fully saturated rings. The first-order chi connectivity index (χ1) is 12.5. The second-order valence-electron chi connectivity index (χ2n) is 6.33. The number of hydrogen-bond donors (Lipinski definition) is 3. The van der Waals surface area contributed by atoms with Gasteiger partial charge in [0.2, 0.25) is 5.91 Å². The van der Waals surface area contributed by atoms with Crippen LogP contribution in [0.4, 0.5) is 5.69 Å². The molecule has 0 aromatic heterocycles. The summed E-state index contributed by atoms with van der Waals surface area (Å²) in [6, 6.07) is 19.7. The highest BCUT2D eigenvalue weighted by Crippen LogP contribution is 2.49. The van der Waals surface area contributed by atoms with E-state index in [0.717, 1.165) is 11.1 Å². The van der Waals surface area contributed by atoms with Gasteiger partial charge in [0.05, 0.1) is 12.0 Å². The van der Waals surface area contributed by atoms with Crippen molar-refractivity contribution in [2.75, 3.05) is 4.90 Å². The number of carbonyl (C=O) groups excluding carboxylic acids is 1. The predicted octanol–water partition coefficient (Wildman–Crippen LogP) is 3.68. The molecular weight excluding hydrogens is 330 g/mol. The molecule has 26 heavy (non-hydrogen) atoms. The Morgan fingerprint density at radius 3 is 1.54 bits per heavy atom. The number of benzene rings is 3. The average molecular weight is 347 g/mol. The number of phenolic OH excluding ortho intramolecular Hbond substituents is 3. The molecule has 1 aliphatic rings. The topological polar surface area (TPSA) is 81.0 Å².